The summed E-state index contributed by atoms with van der Waals surface area (Å²) in [5.74, 6) is 0. The summed E-state index contributed by atoms with van der Waals surface area (Å²) in [6.45, 7) is 1.90. The van der Waals surface area contributed by atoms with Crippen LogP contribution < -0.4 is 10.5 Å². The molecule has 102 valence electrons. The molecule has 1 aromatic carbocycles. The fourth-order valence-electron chi connectivity index (χ4n) is 1.94. The van der Waals surface area contributed by atoms with Crippen LogP contribution in [-0.2, 0) is 10.0 Å². The predicted octanol–water partition coefficient (Wildman–Crippen LogP) is 1.71. The van der Waals surface area contributed by atoms with E-state index >= 15 is 0 Å². The lowest BCUT2D eigenvalue weighted by Crippen LogP contribution is -2.33. The molecule has 1 heterocycles. The Bertz CT molecular complexity index is 661. The maximum absolute atomic E-state index is 12.2. The van der Waals surface area contributed by atoms with Gasteiger partial charge >= 0.3 is 0 Å². The molecule has 0 aliphatic carbocycles. The van der Waals surface area contributed by atoms with Gasteiger partial charge in [-0.3, -0.25) is 9.71 Å². The number of pyridine rings is 1. The van der Waals surface area contributed by atoms with Gasteiger partial charge in [0.15, 0.2) is 0 Å². The maximum Gasteiger partial charge on any atom is 0.236 e. The monoisotopic (exact) mass is 279 g/mol. The Morgan fingerprint density at radius 2 is 2.05 bits per heavy atom. The van der Waals surface area contributed by atoms with Crippen molar-refractivity contribution in [1.29, 1.82) is 0 Å². The number of benzene rings is 1. The van der Waals surface area contributed by atoms with Crippen LogP contribution in [0.1, 0.15) is 13.3 Å². The number of sulfonamides is 1. The molecule has 0 saturated carbocycles. The number of nitrogens with one attached hydrogen (secondary N) is 1. The molecule has 0 spiro atoms. The van der Waals surface area contributed by atoms with Crippen molar-refractivity contribution in [3.05, 3.63) is 36.5 Å². The second-order valence-electron chi connectivity index (χ2n) is 4.29. The quantitative estimate of drug-likeness (QED) is 0.872. The maximum atomic E-state index is 12.2. The van der Waals surface area contributed by atoms with Gasteiger partial charge in [-0.15, -0.1) is 0 Å². The third kappa shape index (κ3) is 2.85. The van der Waals surface area contributed by atoms with Crippen molar-refractivity contribution in [3.63, 3.8) is 0 Å². The van der Waals surface area contributed by atoms with E-state index in [-0.39, 0.29) is 6.54 Å². The van der Waals surface area contributed by atoms with E-state index in [0.29, 0.717) is 17.6 Å². The molecule has 3 N–H and O–H groups in total. The van der Waals surface area contributed by atoms with E-state index in [0.717, 1.165) is 5.39 Å². The molecule has 0 aliphatic rings. The van der Waals surface area contributed by atoms with E-state index in [2.05, 4.69) is 9.71 Å². The molecule has 2 rings (SSSR count). The molecule has 0 fully saturated rings. The molecule has 1 atom stereocenters. The normalized spacial score (nSPS) is 13.4. The molecule has 5 nitrogen and oxygen atoms in total. The Hall–Kier alpha value is -1.66. The summed E-state index contributed by atoms with van der Waals surface area (Å²) in [6, 6.07) is 9.09. The number of fused-ring (bicyclic) bond motifs is 1. The topological polar surface area (TPSA) is 85.1 Å². The summed E-state index contributed by atoms with van der Waals surface area (Å²) in [6.07, 6.45) is 2.12. The highest BCUT2D eigenvalue weighted by molar-refractivity contribution is 7.93. The van der Waals surface area contributed by atoms with Crippen LogP contribution in [-0.4, -0.2) is 25.2 Å². The zero-order chi connectivity index (χ0) is 13.9. The lowest BCUT2D eigenvalue weighted by molar-refractivity contribution is 0.581. The van der Waals surface area contributed by atoms with Gasteiger partial charge in [0.1, 0.15) is 0 Å². The summed E-state index contributed by atoms with van der Waals surface area (Å²) in [5, 5.41) is 0.301. The minimum absolute atomic E-state index is 0.101. The molecule has 0 amide bonds. The van der Waals surface area contributed by atoms with E-state index in [1.807, 2.05) is 18.2 Å². The van der Waals surface area contributed by atoms with Crippen LogP contribution in [0.4, 0.5) is 5.69 Å². The number of hydrogen-bond acceptors (Lipinski definition) is 4. The van der Waals surface area contributed by atoms with Gasteiger partial charge < -0.3 is 5.73 Å². The molecule has 6 heteroatoms. The van der Waals surface area contributed by atoms with Gasteiger partial charge in [-0.05, 0) is 18.6 Å². The van der Waals surface area contributed by atoms with Crippen LogP contribution in [0.25, 0.3) is 10.9 Å². The van der Waals surface area contributed by atoms with E-state index in [9.17, 15) is 8.42 Å². The molecule has 0 bridgehead atoms. The van der Waals surface area contributed by atoms with Crippen molar-refractivity contribution in [2.24, 2.45) is 5.73 Å². The van der Waals surface area contributed by atoms with Crippen molar-refractivity contribution in [2.75, 3.05) is 11.3 Å². The third-order valence-corrected chi connectivity index (χ3v) is 4.95. The number of rotatable bonds is 5. The Kier molecular flexibility index (Phi) is 4.01. The first-order valence-electron chi connectivity index (χ1n) is 6.14. The lowest BCUT2D eigenvalue weighted by atomic mass is 10.2. The number of nitrogens with zero attached hydrogens (tertiary/aromatic N) is 1. The van der Waals surface area contributed by atoms with E-state index in [4.69, 9.17) is 5.73 Å². The number of anilines is 1. The molecule has 1 unspecified atom stereocenters. The second kappa shape index (κ2) is 5.54. The van der Waals surface area contributed by atoms with Crippen LogP contribution in [0, 0.1) is 0 Å². The van der Waals surface area contributed by atoms with Crippen LogP contribution in [0.3, 0.4) is 0 Å². The minimum atomic E-state index is -3.48. The Balaban J connectivity index is 2.41. The zero-order valence-electron chi connectivity index (χ0n) is 10.7. The number of hydrogen-bond donors (Lipinski definition) is 2. The molecular weight excluding hydrogens is 262 g/mol. The van der Waals surface area contributed by atoms with Crippen LogP contribution >= 0.6 is 0 Å². The molecule has 2 aromatic rings. The summed E-state index contributed by atoms with van der Waals surface area (Å²) >= 11 is 0. The number of aromatic nitrogens is 1. The zero-order valence-corrected chi connectivity index (χ0v) is 11.5. The largest absolute Gasteiger partial charge is 0.329 e. The van der Waals surface area contributed by atoms with E-state index in [1.54, 1.807) is 25.3 Å². The molecule has 0 aliphatic heterocycles. The molecule has 19 heavy (non-hydrogen) atoms. The van der Waals surface area contributed by atoms with Crippen molar-refractivity contribution in [2.45, 2.75) is 18.6 Å². The van der Waals surface area contributed by atoms with E-state index < -0.39 is 15.3 Å². The fraction of sp³-hybridized carbons (Fsp3) is 0.308. The van der Waals surface area contributed by atoms with Crippen LogP contribution in [0.15, 0.2) is 36.5 Å². The average Bonchev–Trinajstić information content (AvgIpc) is 2.40. The lowest BCUT2D eigenvalue weighted by Gasteiger charge is -2.16. The van der Waals surface area contributed by atoms with E-state index in [1.165, 1.54) is 0 Å². The third-order valence-electron chi connectivity index (χ3n) is 3.04. The van der Waals surface area contributed by atoms with Gasteiger partial charge in [-0.1, -0.05) is 25.1 Å². The first-order chi connectivity index (χ1) is 9.08. The van der Waals surface area contributed by atoms with Crippen molar-refractivity contribution in [1.82, 2.24) is 4.98 Å². The molecule has 0 radical (unpaired) electrons. The highest BCUT2D eigenvalue weighted by Gasteiger charge is 2.22. The van der Waals surface area contributed by atoms with Gasteiger partial charge in [0.05, 0.1) is 16.5 Å². The van der Waals surface area contributed by atoms with Gasteiger partial charge in [0.2, 0.25) is 10.0 Å². The Morgan fingerprint density at radius 3 is 2.74 bits per heavy atom. The smallest absolute Gasteiger partial charge is 0.236 e. The van der Waals surface area contributed by atoms with Gasteiger partial charge in [0, 0.05) is 18.1 Å². The summed E-state index contributed by atoms with van der Waals surface area (Å²) in [5.41, 5.74) is 6.63. The van der Waals surface area contributed by atoms with Gasteiger partial charge in [0.25, 0.3) is 0 Å². The minimum Gasteiger partial charge on any atom is -0.329 e. The van der Waals surface area contributed by atoms with Crippen molar-refractivity contribution >= 4 is 26.6 Å². The van der Waals surface area contributed by atoms with Gasteiger partial charge in [-0.2, -0.15) is 0 Å². The summed E-state index contributed by atoms with van der Waals surface area (Å²) < 4.78 is 27.0. The highest BCUT2D eigenvalue weighted by Crippen LogP contribution is 2.22. The van der Waals surface area contributed by atoms with Gasteiger partial charge in [-0.25, -0.2) is 8.42 Å². The standard InChI is InChI=1S/C13H17N3O2S/c1-2-11(9-14)19(17,18)16-12-7-3-5-10-6-4-8-15-13(10)12/h3-8,11,16H,2,9,14H2,1H3. The first-order valence-corrected chi connectivity index (χ1v) is 7.68. The van der Waals surface area contributed by atoms with Crippen LogP contribution in [0.5, 0.6) is 0 Å². The highest BCUT2D eigenvalue weighted by atomic mass is 32.2. The van der Waals surface area contributed by atoms with Crippen LogP contribution in [0.2, 0.25) is 0 Å². The predicted molar refractivity (Wildman–Crippen MR) is 77.4 cm³/mol. The second-order valence-corrected chi connectivity index (χ2v) is 6.25. The average molecular weight is 279 g/mol. The molecular formula is C13H17N3O2S. The Morgan fingerprint density at radius 1 is 1.32 bits per heavy atom. The molecule has 1 aromatic heterocycles. The number of para-hydroxylation sites is 1. The number of nitrogens with two attached hydrogens (primary N) is 1. The first kappa shape index (κ1) is 13.8. The fourth-order valence-corrected chi connectivity index (χ4v) is 3.27. The summed E-state index contributed by atoms with van der Waals surface area (Å²) in [4.78, 5) is 4.22. The SMILES string of the molecule is CCC(CN)S(=O)(=O)Nc1cccc2cccnc12. The van der Waals surface area contributed by atoms with Crippen molar-refractivity contribution in [3.8, 4) is 0 Å². The Labute approximate surface area is 112 Å². The molecule has 0 saturated heterocycles. The van der Waals surface area contributed by atoms with Crippen molar-refractivity contribution < 1.29 is 8.42 Å². The summed E-state index contributed by atoms with van der Waals surface area (Å²) in [7, 11) is -3.48.